The van der Waals surface area contributed by atoms with Crippen molar-refractivity contribution in [1.29, 1.82) is 0 Å². The third-order valence-corrected chi connectivity index (χ3v) is 3.10. The first-order valence-electron chi connectivity index (χ1n) is 7.38. The van der Waals surface area contributed by atoms with Crippen LogP contribution in [0.2, 0.25) is 0 Å². The summed E-state index contributed by atoms with van der Waals surface area (Å²) in [6, 6.07) is 8.15. The van der Waals surface area contributed by atoms with Crippen LogP contribution in [0.5, 0.6) is 0 Å². The minimum Gasteiger partial charge on any atom is -0.384 e. The van der Waals surface area contributed by atoms with E-state index in [1.54, 1.807) is 13.0 Å². The number of rotatable bonds is 8. The van der Waals surface area contributed by atoms with Crippen LogP contribution >= 0.6 is 0 Å². The number of amides is 2. The standard InChI is InChI=1S/C17H23N3O2/c1-3-5-14-6-4-7-15(10-14)8-9-16(18)20-17(22)13(2)11-19-12-21/h4,6-10,12-13H,3,5,11H2,1-2H3,(H,19,21)(H2,18,20,22)/b9-8+/t13-/m0/s1. The van der Waals surface area contributed by atoms with Crippen LogP contribution in [0.1, 0.15) is 31.4 Å². The molecule has 0 heterocycles. The summed E-state index contributed by atoms with van der Waals surface area (Å²) in [6.45, 7) is 4.08. The Hall–Kier alpha value is -2.43. The maximum Gasteiger partial charge on any atom is 0.252 e. The summed E-state index contributed by atoms with van der Waals surface area (Å²) < 4.78 is 0. The summed E-state index contributed by atoms with van der Waals surface area (Å²) in [4.78, 5) is 25.8. The number of carbonyl (C=O) groups excluding carboxylic acids is 2. The Balaban J connectivity index is 2.68. The Morgan fingerprint density at radius 3 is 2.91 bits per heavy atom. The van der Waals surface area contributed by atoms with Crippen LogP contribution in [0.15, 0.2) is 35.3 Å². The van der Waals surface area contributed by atoms with Gasteiger partial charge in [0.25, 0.3) is 5.91 Å². The van der Waals surface area contributed by atoms with E-state index in [1.807, 2.05) is 18.2 Å². The molecular weight excluding hydrogens is 278 g/mol. The molecule has 0 spiro atoms. The minimum absolute atomic E-state index is 0.156. The fraction of sp³-hybridized carbons (Fsp3) is 0.353. The topological polar surface area (TPSA) is 84.5 Å². The van der Waals surface area contributed by atoms with Crippen molar-refractivity contribution in [2.45, 2.75) is 26.7 Å². The van der Waals surface area contributed by atoms with Gasteiger partial charge in [0.15, 0.2) is 0 Å². The van der Waals surface area contributed by atoms with Gasteiger partial charge in [0.1, 0.15) is 5.84 Å². The molecule has 5 heteroatoms. The van der Waals surface area contributed by atoms with Crippen molar-refractivity contribution in [1.82, 2.24) is 5.32 Å². The van der Waals surface area contributed by atoms with Crippen molar-refractivity contribution in [2.24, 2.45) is 16.6 Å². The second-order valence-corrected chi connectivity index (χ2v) is 5.13. The Kier molecular flexibility index (Phi) is 7.61. The maximum absolute atomic E-state index is 11.8. The molecule has 0 aromatic heterocycles. The molecule has 1 atom stereocenters. The Bertz CT molecular complexity index is 565. The molecule has 0 saturated heterocycles. The second-order valence-electron chi connectivity index (χ2n) is 5.13. The predicted molar refractivity (Wildman–Crippen MR) is 89.3 cm³/mol. The maximum atomic E-state index is 11.8. The molecule has 1 aromatic carbocycles. The van der Waals surface area contributed by atoms with E-state index in [0.29, 0.717) is 6.41 Å². The molecule has 3 N–H and O–H groups in total. The first kappa shape index (κ1) is 17.6. The zero-order chi connectivity index (χ0) is 16.4. The summed E-state index contributed by atoms with van der Waals surface area (Å²) in [5.74, 6) is -0.592. The number of nitrogens with two attached hydrogens (primary N) is 1. The lowest BCUT2D eigenvalue weighted by Gasteiger charge is -2.05. The van der Waals surface area contributed by atoms with Crippen LogP contribution in [0, 0.1) is 5.92 Å². The average molecular weight is 301 g/mol. The van der Waals surface area contributed by atoms with Gasteiger partial charge >= 0.3 is 0 Å². The van der Waals surface area contributed by atoms with Crippen LogP contribution in [0.4, 0.5) is 0 Å². The van der Waals surface area contributed by atoms with Gasteiger partial charge in [0.2, 0.25) is 6.41 Å². The SMILES string of the molecule is CCCc1cccc(/C=C/C(N)=NC(=O)[C@@H](C)CNC=O)c1. The Morgan fingerprint density at radius 2 is 2.23 bits per heavy atom. The average Bonchev–Trinajstić information content (AvgIpc) is 2.51. The lowest BCUT2D eigenvalue weighted by molar-refractivity contribution is -0.121. The van der Waals surface area contributed by atoms with Crippen LogP contribution in [0.3, 0.4) is 0 Å². The third kappa shape index (κ3) is 6.35. The molecule has 118 valence electrons. The molecule has 0 unspecified atom stereocenters. The first-order chi connectivity index (χ1) is 10.6. The Labute approximate surface area is 131 Å². The molecule has 0 bridgehead atoms. The van der Waals surface area contributed by atoms with Crippen LogP contribution in [0.25, 0.3) is 6.08 Å². The molecule has 0 aliphatic heterocycles. The molecule has 0 radical (unpaired) electrons. The predicted octanol–water partition coefficient (Wildman–Crippen LogP) is 1.92. The van der Waals surface area contributed by atoms with Gasteiger partial charge in [-0.3, -0.25) is 9.59 Å². The molecule has 0 fully saturated rings. The molecule has 0 aliphatic carbocycles. The van der Waals surface area contributed by atoms with Gasteiger partial charge in [-0.05, 0) is 23.6 Å². The molecule has 2 amide bonds. The third-order valence-electron chi connectivity index (χ3n) is 3.10. The van der Waals surface area contributed by atoms with E-state index in [2.05, 4.69) is 29.4 Å². The van der Waals surface area contributed by atoms with Gasteiger partial charge in [0, 0.05) is 6.54 Å². The summed E-state index contributed by atoms with van der Waals surface area (Å²) in [6.07, 6.45) is 6.13. The van der Waals surface area contributed by atoms with Gasteiger partial charge in [-0.1, -0.05) is 50.6 Å². The zero-order valence-corrected chi connectivity index (χ0v) is 13.1. The smallest absolute Gasteiger partial charge is 0.252 e. The lowest BCUT2D eigenvalue weighted by Crippen LogP contribution is -2.25. The van der Waals surface area contributed by atoms with Crippen molar-refractivity contribution in [3.8, 4) is 0 Å². The molecular formula is C17H23N3O2. The van der Waals surface area contributed by atoms with E-state index in [4.69, 9.17) is 5.73 Å². The van der Waals surface area contributed by atoms with Gasteiger partial charge < -0.3 is 11.1 Å². The highest BCUT2D eigenvalue weighted by Gasteiger charge is 2.11. The van der Waals surface area contributed by atoms with E-state index in [1.165, 1.54) is 5.56 Å². The van der Waals surface area contributed by atoms with Crippen molar-refractivity contribution < 1.29 is 9.59 Å². The first-order valence-corrected chi connectivity index (χ1v) is 7.38. The summed E-state index contributed by atoms with van der Waals surface area (Å²) >= 11 is 0. The number of amidine groups is 1. The van der Waals surface area contributed by atoms with Gasteiger partial charge in [-0.2, -0.15) is 4.99 Å². The van der Waals surface area contributed by atoms with Gasteiger partial charge in [-0.25, -0.2) is 0 Å². The Morgan fingerprint density at radius 1 is 1.45 bits per heavy atom. The van der Waals surface area contributed by atoms with Crippen molar-refractivity contribution in [2.75, 3.05) is 6.54 Å². The van der Waals surface area contributed by atoms with Crippen molar-refractivity contribution >= 4 is 24.2 Å². The van der Waals surface area contributed by atoms with E-state index >= 15 is 0 Å². The highest BCUT2D eigenvalue weighted by atomic mass is 16.1. The van der Waals surface area contributed by atoms with Gasteiger partial charge in [-0.15, -0.1) is 0 Å². The van der Waals surface area contributed by atoms with Crippen LogP contribution in [-0.4, -0.2) is 24.7 Å². The largest absolute Gasteiger partial charge is 0.384 e. The van der Waals surface area contributed by atoms with E-state index in [-0.39, 0.29) is 18.3 Å². The quantitative estimate of drug-likeness (QED) is 0.437. The fourth-order valence-corrected chi connectivity index (χ4v) is 1.91. The number of hydrogen-bond donors (Lipinski definition) is 2. The normalized spacial score (nSPS) is 13.1. The molecule has 1 aromatic rings. The lowest BCUT2D eigenvalue weighted by atomic mass is 10.1. The number of aryl methyl sites for hydroxylation is 1. The van der Waals surface area contributed by atoms with Crippen molar-refractivity contribution in [3.63, 3.8) is 0 Å². The fourth-order valence-electron chi connectivity index (χ4n) is 1.91. The van der Waals surface area contributed by atoms with E-state index in [9.17, 15) is 9.59 Å². The van der Waals surface area contributed by atoms with Crippen LogP contribution in [-0.2, 0) is 16.0 Å². The number of carbonyl (C=O) groups is 2. The highest BCUT2D eigenvalue weighted by molar-refractivity contribution is 6.02. The van der Waals surface area contributed by atoms with E-state index < -0.39 is 5.92 Å². The zero-order valence-electron chi connectivity index (χ0n) is 13.1. The molecule has 22 heavy (non-hydrogen) atoms. The number of nitrogens with zero attached hydrogens (tertiary/aromatic N) is 1. The molecule has 1 rings (SSSR count). The number of nitrogens with one attached hydrogen (secondary N) is 1. The monoisotopic (exact) mass is 301 g/mol. The summed E-state index contributed by atoms with van der Waals surface area (Å²) in [5, 5.41) is 2.45. The molecule has 0 aliphatic rings. The summed E-state index contributed by atoms with van der Waals surface area (Å²) in [5.41, 5.74) is 8.03. The highest BCUT2D eigenvalue weighted by Crippen LogP contribution is 2.09. The number of aliphatic imine (C=N–C) groups is 1. The van der Waals surface area contributed by atoms with E-state index in [0.717, 1.165) is 18.4 Å². The van der Waals surface area contributed by atoms with Crippen LogP contribution < -0.4 is 11.1 Å². The molecule has 5 nitrogen and oxygen atoms in total. The van der Waals surface area contributed by atoms with Crippen molar-refractivity contribution in [3.05, 3.63) is 41.5 Å². The minimum atomic E-state index is -0.398. The second kappa shape index (κ2) is 9.50. The number of benzene rings is 1. The summed E-state index contributed by atoms with van der Waals surface area (Å²) in [7, 11) is 0. The number of hydrogen-bond acceptors (Lipinski definition) is 2. The van der Waals surface area contributed by atoms with Gasteiger partial charge in [0.05, 0.1) is 5.92 Å². The molecule has 0 saturated carbocycles.